The first-order valence-electron chi connectivity index (χ1n) is 13.3. The molecule has 0 fully saturated rings. The molecule has 1 aromatic carbocycles. The summed E-state index contributed by atoms with van der Waals surface area (Å²) in [4.78, 5) is 35.0. The maximum Gasteiger partial charge on any atom is 0.328 e. The second-order valence-electron chi connectivity index (χ2n) is 9.56. The number of H-pyrrole nitrogens is 1. The summed E-state index contributed by atoms with van der Waals surface area (Å²) >= 11 is 0. The maximum atomic E-state index is 12.6. The van der Waals surface area contributed by atoms with E-state index < -0.39 is 11.8 Å². The van der Waals surface area contributed by atoms with Crippen molar-refractivity contribution >= 4 is 23.0 Å². The van der Waals surface area contributed by atoms with Crippen molar-refractivity contribution in [3.05, 3.63) is 69.7 Å². The molecule has 0 aliphatic heterocycles. The van der Waals surface area contributed by atoms with E-state index >= 15 is 0 Å². The number of imidazole rings is 1. The van der Waals surface area contributed by atoms with Gasteiger partial charge < -0.3 is 35.4 Å². The van der Waals surface area contributed by atoms with E-state index in [2.05, 4.69) is 27.2 Å². The number of nitrogen functional groups attached to an aromatic ring is 1. The molecule has 1 aliphatic carbocycles. The number of carbonyl (C=O) groups is 1. The number of carboxylic acids is 1. The summed E-state index contributed by atoms with van der Waals surface area (Å²) in [7, 11) is 1.55. The third-order valence-electron chi connectivity index (χ3n) is 6.52. The van der Waals surface area contributed by atoms with Gasteiger partial charge in [-0.15, -0.1) is 0 Å². The monoisotopic (exact) mass is 552 g/mol. The molecule has 12 nitrogen and oxygen atoms in total. The van der Waals surface area contributed by atoms with Gasteiger partial charge in [-0.3, -0.25) is 9.36 Å². The zero-order valence-electron chi connectivity index (χ0n) is 22.8. The molecule has 0 amide bonds. The zero-order chi connectivity index (χ0) is 28.5. The van der Waals surface area contributed by atoms with Crippen molar-refractivity contribution in [1.29, 1.82) is 0 Å². The lowest BCUT2D eigenvalue weighted by atomic mass is 9.99. The lowest BCUT2D eigenvalue weighted by Crippen LogP contribution is -2.36. The smallest absolute Gasteiger partial charge is 0.328 e. The molecule has 1 unspecified atom stereocenters. The number of aromatic amines is 1. The van der Waals surface area contributed by atoms with Gasteiger partial charge in [-0.25, -0.2) is 4.79 Å². The van der Waals surface area contributed by atoms with Gasteiger partial charge in [0, 0.05) is 26.6 Å². The van der Waals surface area contributed by atoms with Gasteiger partial charge in [-0.1, -0.05) is 49.8 Å². The third-order valence-corrected chi connectivity index (χ3v) is 6.52. The molecule has 12 heteroatoms. The van der Waals surface area contributed by atoms with Crippen LogP contribution in [-0.4, -0.2) is 63.3 Å². The number of aromatic nitrogens is 4. The number of nitrogens with one attached hydrogen (secondary N) is 2. The average molecular weight is 553 g/mol. The molecule has 1 atom stereocenters. The van der Waals surface area contributed by atoms with Crippen molar-refractivity contribution in [2.24, 2.45) is 0 Å². The highest BCUT2D eigenvalue weighted by molar-refractivity contribution is 5.82. The van der Waals surface area contributed by atoms with Gasteiger partial charge in [0.15, 0.2) is 17.3 Å². The van der Waals surface area contributed by atoms with Crippen LogP contribution in [0.15, 0.2) is 52.9 Å². The van der Waals surface area contributed by atoms with Crippen LogP contribution >= 0.6 is 0 Å². The Morgan fingerprint density at radius 1 is 1.23 bits per heavy atom. The number of hydrogen-bond acceptors (Lipinski definition) is 9. The van der Waals surface area contributed by atoms with E-state index in [9.17, 15) is 9.59 Å². The Hall–Kier alpha value is -4.00. The average Bonchev–Trinajstić information content (AvgIpc) is 3.24. The molecular weight excluding hydrogens is 516 g/mol. The molecule has 1 aliphatic rings. The highest BCUT2D eigenvalue weighted by atomic mass is 16.7. The largest absolute Gasteiger partial charge is 0.481 e. The quantitative estimate of drug-likeness (QED) is 0.163. The number of rotatable bonds is 15. The highest BCUT2D eigenvalue weighted by Gasteiger charge is 2.29. The molecule has 2 heterocycles. The lowest BCUT2D eigenvalue weighted by Gasteiger charge is -2.31. The second kappa shape index (κ2) is 13.4. The van der Waals surface area contributed by atoms with Crippen molar-refractivity contribution < 1.29 is 24.1 Å². The minimum atomic E-state index is -0.957. The second-order valence-corrected chi connectivity index (χ2v) is 9.56. The van der Waals surface area contributed by atoms with Crippen LogP contribution in [-0.2, 0) is 27.4 Å². The lowest BCUT2D eigenvalue weighted by molar-refractivity contribution is -0.185. The molecule has 40 heavy (non-hydrogen) atoms. The number of anilines is 1. The van der Waals surface area contributed by atoms with Crippen molar-refractivity contribution in [3.8, 4) is 6.01 Å². The van der Waals surface area contributed by atoms with Crippen LogP contribution in [0.4, 0.5) is 5.82 Å². The van der Waals surface area contributed by atoms with Gasteiger partial charge in [0.1, 0.15) is 5.52 Å². The maximum absolute atomic E-state index is 12.6. The van der Waals surface area contributed by atoms with E-state index in [4.69, 9.17) is 25.1 Å². The SMILES string of the molecule is CCCCOc1nc(N)c2[nH]c(=O)n(Cc3ccc(CNCCOC4(OC)C=C(CC(=O)O)C=CC4)cc3)c2n1. The van der Waals surface area contributed by atoms with E-state index in [1.54, 1.807) is 19.3 Å². The number of allylic oxidation sites excluding steroid dienone is 1. The Morgan fingerprint density at radius 2 is 2.00 bits per heavy atom. The summed E-state index contributed by atoms with van der Waals surface area (Å²) in [6, 6.07) is 8.07. The van der Waals surface area contributed by atoms with E-state index in [1.807, 2.05) is 30.3 Å². The topological polar surface area (TPSA) is 167 Å². The molecule has 214 valence electrons. The number of unbranched alkanes of at least 4 members (excludes halogenated alkanes) is 1. The number of methoxy groups -OCH3 is 1. The van der Waals surface area contributed by atoms with Gasteiger partial charge >= 0.3 is 17.7 Å². The van der Waals surface area contributed by atoms with Crippen LogP contribution < -0.4 is 21.5 Å². The molecule has 5 N–H and O–H groups in total. The third kappa shape index (κ3) is 7.34. The number of hydrogen-bond donors (Lipinski definition) is 4. The van der Waals surface area contributed by atoms with E-state index in [1.165, 1.54) is 4.57 Å². The van der Waals surface area contributed by atoms with Crippen LogP contribution in [0.25, 0.3) is 11.2 Å². The van der Waals surface area contributed by atoms with Crippen LogP contribution in [0.1, 0.15) is 43.7 Å². The summed E-state index contributed by atoms with van der Waals surface area (Å²) in [6.07, 6.45) is 7.67. The summed E-state index contributed by atoms with van der Waals surface area (Å²) < 4.78 is 18.7. The van der Waals surface area contributed by atoms with Gasteiger partial charge in [0.25, 0.3) is 0 Å². The molecule has 3 aromatic rings. The molecule has 4 rings (SSSR count). The van der Waals surface area contributed by atoms with Crippen LogP contribution in [0.2, 0.25) is 0 Å². The molecule has 0 spiro atoms. The van der Waals surface area contributed by atoms with Gasteiger partial charge in [-0.2, -0.15) is 9.97 Å². The molecular formula is C28H36N6O6. The number of carboxylic acid groups (broad SMARTS) is 1. The van der Waals surface area contributed by atoms with Crippen LogP contribution in [0, 0.1) is 0 Å². The Balaban J connectivity index is 1.31. The van der Waals surface area contributed by atoms with E-state index in [-0.39, 0.29) is 23.9 Å². The van der Waals surface area contributed by atoms with Crippen molar-refractivity contribution in [2.45, 2.75) is 51.5 Å². The number of ether oxygens (including phenoxy) is 3. The Bertz CT molecular complexity index is 1430. The van der Waals surface area contributed by atoms with E-state index in [0.29, 0.717) is 56.0 Å². The number of benzene rings is 1. The van der Waals surface area contributed by atoms with Crippen molar-refractivity contribution in [3.63, 3.8) is 0 Å². The molecule has 0 radical (unpaired) electrons. The molecule has 0 saturated carbocycles. The number of fused-ring (bicyclic) bond motifs is 1. The summed E-state index contributed by atoms with van der Waals surface area (Å²) in [6.45, 7) is 4.44. The Labute approximate surface area is 231 Å². The van der Waals surface area contributed by atoms with Crippen LogP contribution in [0.5, 0.6) is 6.01 Å². The normalized spacial score (nSPS) is 16.8. The summed E-state index contributed by atoms with van der Waals surface area (Å²) in [5.41, 5.74) is 9.17. The van der Waals surface area contributed by atoms with Gasteiger partial charge in [-0.05, 0) is 29.2 Å². The van der Waals surface area contributed by atoms with Gasteiger partial charge in [0.05, 0.1) is 26.2 Å². The number of aliphatic carboxylic acids is 1. The number of nitrogens with two attached hydrogens (primary N) is 1. The minimum Gasteiger partial charge on any atom is -0.481 e. The minimum absolute atomic E-state index is 0.0789. The molecule has 0 bridgehead atoms. The van der Waals surface area contributed by atoms with Crippen LogP contribution in [0.3, 0.4) is 0 Å². The zero-order valence-corrected chi connectivity index (χ0v) is 22.8. The Morgan fingerprint density at radius 3 is 2.73 bits per heavy atom. The fourth-order valence-electron chi connectivity index (χ4n) is 4.37. The van der Waals surface area contributed by atoms with Crippen molar-refractivity contribution in [2.75, 3.05) is 32.6 Å². The standard InChI is InChI=1S/C28H36N6O6/c1-3-4-13-39-26-32-24(29)23-25(33-26)34(27(37)31-23)18-20-9-7-19(8-10-20)17-30-12-14-40-28(38-2)11-5-6-21(16-28)15-22(35)36/h5-10,16,30H,3-4,11-15,17-18H2,1-2H3,(H,31,37)(H,35,36)(H2,29,32,33). The van der Waals surface area contributed by atoms with E-state index in [0.717, 1.165) is 24.0 Å². The first-order chi connectivity index (χ1) is 19.3. The fraction of sp³-hybridized carbons (Fsp3) is 0.429. The number of nitrogens with zero attached hydrogens (tertiary/aromatic N) is 3. The summed E-state index contributed by atoms with van der Waals surface area (Å²) in [5, 5.41) is 12.4. The first-order valence-corrected chi connectivity index (χ1v) is 13.3. The first kappa shape index (κ1) is 29.0. The fourth-order valence-corrected chi connectivity index (χ4v) is 4.37. The Kier molecular flexibility index (Phi) is 9.70. The predicted octanol–water partition coefficient (Wildman–Crippen LogP) is 2.74. The van der Waals surface area contributed by atoms with Crippen molar-refractivity contribution in [1.82, 2.24) is 24.8 Å². The predicted molar refractivity (Wildman–Crippen MR) is 150 cm³/mol. The highest BCUT2D eigenvalue weighted by Crippen LogP contribution is 2.27. The summed E-state index contributed by atoms with van der Waals surface area (Å²) in [5.74, 6) is -1.68. The van der Waals surface area contributed by atoms with Gasteiger partial charge in [0.2, 0.25) is 0 Å². The molecule has 0 saturated heterocycles. The molecule has 2 aromatic heterocycles.